The van der Waals surface area contributed by atoms with Crippen molar-refractivity contribution in [3.05, 3.63) is 29.3 Å². The SMILES string of the molecule is CC(C)C(=NO)c1nc2ccccc2s1. The van der Waals surface area contributed by atoms with Gasteiger partial charge in [0.05, 0.1) is 10.2 Å². The summed E-state index contributed by atoms with van der Waals surface area (Å²) in [5.41, 5.74) is 1.61. The molecule has 0 aliphatic rings. The molecule has 1 aromatic heterocycles. The average Bonchev–Trinajstić information content (AvgIpc) is 2.61. The number of nitrogens with zero attached hydrogens (tertiary/aromatic N) is 2. The lowest BCUT2D eigenvalue weighted by molar-refractivity contribution is 0.316. The van der Waals surface area contributed by atoms with Crippen LogP contribution in [0, 0.1) is 5.92 Å². The van der Waals surface area contributed by atoms with Crippen molar-refractivity contribution in [2.24, 2.45) is 11.1 Å². The van der Waals surface area contributed by atoms with E-state index in [4.69, 9.17) is 5.21 Å². The number of benzene rings is 1. The van der Waals surface area contributed by atoms with Crippen LogP contribution in [0.4, 0.5) is 0 Å². The third-order valence-electron chi connectivity index (χ3n) is 2.17. The van der Waals surface area contributed by atoms with Gasteiger partial charge in [-0.15, -0.1) is 11.3 Å². The number of thiazole rings is 1. The van der Waals surface area contributed by atoms with Crippen LogP contribution in [0.5, 0.6) is 0 Å². The van der Waals surface area contributed by atoms with Crippen molar-refractivity contribution in [1.82, 2.24) is 4.98 Å². The highest BCUT2D eigenvalue weighted by molar-refractivity contribution is 7.20. The van der Waals surface area contributed by atoms with Crippen molar-refractivity contribution in [3.8, 4) is 0 Å². The fourth-order valence-corrected chi connectivity index (χ4v) is 2.49. The molecule has 0 fully saturated rings. The first-order valence-corrected chi connectivity index (χ1v) is 5.62. The Morgan fingerprint density at radius 3 is 2.73 bits per heavy atom. The Balaban J connectivity index is 2.53. The molecule has 0 saturated heterocycles. The third-order valence-corrected chi connectivity index (χ3v) is 3.23. The van der Waals surface area contributed by atoms with Gasteiger partial charge in [-0.1, -0.05) is 31.1 Å². The molecule has 78 valence electrons. The van der Waals surface area contributed by atoms with Crippen molar-refractivity contribution in [1.29, 1.82) is 0 Å². The monoisotopic (exact) mass is 220 g/mol. The molecule has 0 atom stereocenters. The van der Waals surface area contributed by atoms with Crippen molar-refractivity contribution >= 4 is 27.3 Å². The maximum atomic E-state index is 8.93. The highest BCUT2D eigenvalue weighted by Crippen LogP contribution is 2.23. The van der Waals surface area contributed by atoms with Crippen LogP contribution < -0.4 is 0 Å². The van der Waals surface area contributed by atoms with Gasteiger partial charge >= 0.3 is 0 Å². The Kier molecular flexibility index (Phi) is 2.68. The molecule has 1 aromatic carbocycles. The van der Waals surface area contributed by atoms with Gasteiger partial charge < -0.3 is 5.21 Å². The minimum atomic E-state index is 0.176. The highest BCUT2D eigenvalue weighted by Gasteiger charge is 2.13. The first-order valence-electron chi connectivity index (χ1n) is 4.80. The molecule has 1 N–H and O–H groups in total. The van der Waals surface area contributed by atoms with Gasteiger partial charge in [-0.05, 0) is 12.1 Å². The van der Waals surface area contributed by atoms with Crippen molar-refractivity contribution < 1.29 is 5.21 Å². The zero-order valence-electron chi connectivity index (χ0n) is 8.64. The van der Waals surface area contributed by atoms with E-state index in [1.165, 1.54) is 0 Å². The summed E-state index contributed by atoms with van der Waals surface area (Å²) in [6, 6.07) is 7.92. The Hall–Kier alpha value is -1.42. The van der Waals surface area contributed by atoms with Gasteiger partial charge in [0.25, 0.3) is 0 Å². The van der Waals surface area contributed by atoms with Gasteiger partial charge in [0.1, 0.15) is 10.7 Å². The molecular weight excluding hydrogens is 208 g/mol. The summed E-state index contributed by atoms with van der Waals surface area (Å²) in [7, 11) is 0. The minimum Gasteiger partial charge on any atom is -0.411 e. The second kappa shape index (κ2) is 3.98. The quantitative estimate of drug-likeness (QED) is 0.480. The van der Waals surface area contributed by atoms with Crippen LogP contribution >= 0.6 is 11.3 Å². The van der Waals surface area contributed by atoms with E-state index in [1.54, 1.807) is 11.3 Å². The lowest BCUT2D eigenvalue weighted by Gasteiger charge is -2.02. The Bertz CT molecular complexity index is 469. The molecule has 0 aliphatic carbocycles. The van der Waals surface area contributed by atoms with E-state index in [9.17, 15) is 0 Å². The first-order chi connectivity index (χ1) is 7.22. The summed E-state index contributed by atoms with van der Waals surface area (Å²) in [5.74, 6) is 0.176. The molecule has 3 nitrogen and oxygen atoms in total. The number of oxime groups is 1. The van der Waals surface area contributed by atoms with Crippen LogP contribution in [0.1, 0.15) is 18.9 Å². The Morgan fingerprint density at radius 2 is 2.13 bits per heavy atom. The molecule has 0 radical (unpaired) electrons. The number of rotatable bonds is 2. The number of fused-ring (bicyclic) bond motifs is 1. The zero-order valence-corrected chi connectivity index (χ0v) is 9.45. The Morgan fingerprint density at radius 1 is 1.40 bits per heavy atom. The molecule has 2 rings (SSSR count). The second-order valence-electron chi connectivity index (χ2n) is 3.63. The predicted molar refractivity (Wildman–Crippen MR) is 62.8 cm³/mol. The average molecular weight is 220 g/mol. The van der Waals surface area contributed by atoms with Gasteiger partial charge in [-0.3, -0.25) is 0 Å². The van der Waals surface area contributed by atoms with Crippen molar-refractivity contribution in [2.75, 3.05) is 0 Å². The fraction of sp³-hybridized carbons (Fsp3) is 0.273. The van der Waals surface area contributed by atoms with Gasteiger partial charge in [0.2, 0.25) is 0 Å². The molecule has 0 aliphatic heterocycles. The number of hydrogen-bond acceptors (Lipinski definition) is 4. The van der Waals surface area contributed by atoms with Crippen LogP contribution in [0.3, 0.4) is 0 Å². The van der Waals surface area contributed by atoms with Gasteiger partial charge in [0, 0.05) is 5.92 Å². The van der Waals surface area contributed by atoms with E-state index in [-0.39, 0.29) is 5.92 Å². The molecule has 0 unspecified atom stereocenters. The molecule has 0 spiro atoms. The standard InChI is InChI=1S/C11H12N2OS/c1-7(2)10(13-14)11-12-8-5-3-4-6-9(8)15-11/h3-7,14H,1-2H3. The van der Waals surface area contributed by atoms with Gasteiger partial charge in [-0.25, -0.2) is 4.98 Å². The fourth-order valence-electron chi connectivity index (χ4n) is 1.39. The Labute approximate surface area is 92.1 Å². The van der Waals surface area contributed by atoms with Gasteiger partial charge in [0.15, 0.2) is 0 Å². The van der Waals surface area contributed by atoms with Crippen LogP contribution in [0.15, 0.2) is 29.4 Å². The summed E-state index contributed by atoms with van der Waals surface area (Å²) in [4.78, 5) is 4.43. The van der Waals surface area contributed by atoms with E-state index in [2.05, 4.69) is 10.1 Å². The molecule has 4 heteroatoms. The molecular formula is C11H12N2OS. The van der Waals surface area contributed by atoms with E-state index in [0.717, 1.165) is 15.2 Å². The zero-order chi connectivity index (χ0) is 10.8. The van der Waals surface area contributed by atoms with E-state index in [0.29, 0.717) is 5.71 Å². The van der Waals surface area contributed by atoms with Crippen LogP contribution in [0.2, 0.25) is 0 Å². The van der Waals surface area contributed by atoms with Gasteiger partial charge in [-0.2, -0.15) is 0 Å². The highest BCUT2D eigenvalue weighted by atomic mass is 32.1. The number of para-hydroxylation sites is 1. The van der Waals surface area contributed by atoms with Crippen molar-refractivity contribution in [3.63, 3.8) is 0 Å². The van der Waals surface area contributed by atoms with E-state index < -0.39 is 0 Å². The topological polar surface area (TPSA) is 45.5 Å². The molecule has 2 aromatic rings. The first kappa shape index (κ1) is 10.1. The smallest absolute Gasteiger partial charge is 0.142 e. The van der Waals surface area contributed by atoms with E-state index in [1.807, 2.05) is 38.1 Å². The largest absolute Gasteiger partial charge is 0.411 e. The second-order valence-corrected chi connectivity index (χ2v) is 4.66. The summed E-state index contributed by atoms with van der Waals surface area (Å²) in [5, 5.41) is 13.0. The lowest BCUT2D eigenvalue weighted by atomic mass is 10.1. The molecule has 15 heavy (non-hydrogen) atoms. The maximum Gasteiger partial charge on any atom is 0.142 e. The number of hydrogen-bond donors (Lipinski definition) is 1. The van der Waals surface area contributed by atoms with E-state index >= 15 is 0 Å². The number of aromatic nitrogens is 1. The molecule has 1 heterocycles. The lowest BCUT2D eigenvalue weighted by Crippen LogP contribution is -2.08. The summed E-state index contributed by atoms with van der Waals surface area (Å²) < 4.78 is 1.12. The predicted octanol–water partition coefficient (Wildman–Crippen LogP) is 3.13. The molecule has 0 bridgehead atoms. The molecule has 0 amide bonds. The van der Waals surface area contributed by atoms with Crippen LogP contribution in [-0.4, -0.2) is 15.9 Å². The maximum absolute atomic E-state index is 8.93. The normalized spacial score (nSPS) is 12.6. The molecule has 0 saturated carbocycles. The van der Waals surface area contributed by atoms with Crippen molar-refractivity contribution in [2.45, 2.75) is 13.8 Å². The summed E-state index contributed by atoms with van der Waals surface area (Å²) >= 11 is 1.56. The third kappa shape index (κ3) is 1.85. The van der Waals surface area contributed by atoms with Crippen LogP contribution in [-0.2, 0) is 0 Å². The van der Waals surface area contributed by atoms with Crippen LogP contribution in [0.25, 0.3) is 10.2 Å². The minimum absolute atomic E-state index is 0.176. The summed E-state index contributed by atoms with van der Waals surface area (Å²) in [6.07, 6.45) is 0. The summed E-state index contributed by atoms with van der Waals surface area (Å²) in [6.45, 7) is 3.97.